The molecule has 0 unspecified atom stereocenters. The zero-order chi connectivity index (χ0) is 9.26. The van der Waals surface area contributed by atoms with Crippen molar-refractivity contribution in [2.24, 2.45) is 7.05 Å². The van der Waals surface area contributed by atoms with E-state index in [1.165, 1.54) is 0 Å². The first-order valence-electron chi connectivity index (χ1n) is 4.18. The topological polar surface area (TPSA) is 25.2 Å². The fraction of sp³-hybridized carbons (Fsp3) is 0.0909. The zero-order valence-corrected chi connectivity index (χ0v) is 7.44. The van der Waals surface area contributed by atoms with Crippen LogP contribution in [0.1, 0.15) is 0 Å². The molecule has 0 saturated carbocycles. The second-order valence-corrected chi connectivity index (χ2v) is 3.05. The number of phenols is 1. The average molecular weight is 173 g/mol. The van der Waals surface area contributed by atoms with Crippen molar-refractivity contribution in [3.8, 4) is 17.0 Å². The standard InChI is InChI=1S/C11H11NO/c1-12-7-3-6-11(12)9-4-2-5-10(13)8-9/h2-8,13H,1H3. The van der Waals surface area contributed by atoms with Gasteiger partial charge in [0.15, 0.2) is 0 Å². The van der Waals surface area contributed by atoms with Crippen molar-refractivity contribution in [1.29, 1.82) is 0 Å². The molecule has 2 rings (SSSR count). The van der Waals surface area contributed by atoms with Gasteiger partial charge in [-0.3, -0.25) is 0 Å². The summed E-state index contributed by atoms with van der Waals surface area (Å²) in [7, 11) is 1.99. The molecule has 2 aromatic rings. The van der Waals surface area contributed by atoms with Crippen LogP contribution in [0.3, 0.4) is 0 Å². The quantitative estimate of drug-likeness (QED) is 0.703. The van der Waals surface area contributed by atoms with E-state index < -0.39 is 0 Å². The van der Waals surface area contributed by atoms with Crippen molar-refractivity contribution >= 4 is 0 Å². The summed E-state index contributed by atoms with van der Waals surface area (Å²) in [4.78, 5) is 0. The van der Waals surface area contributed by atoms with Gasteiger partial charge in [0.2, 0.25) is 0 Å². The summed E-state index contributed by atoms with van der Waals surface area (Å²) < 4.78 is 2.02. The Balaban J connectivity index is 2.53. The van der Waals surface area contributed by atoms with Crippen LogP contribution in [-0.2, 0) is 7.05 Å². The van der Waals surface area contributed by atoms with E-state index in [1.54, 1.807) is 12.1 Å². The molecule has 1 aromatic heterocycles. The molecule has 2 heteroatoms. The fourth-order valence-corrected chi connectivity index (χ4v) is 1.43. The molecule has 0 radical (unpaired) electrons. The minimum Gasteiger partial charge on any atom is -0.508 e. The lowest BCUT2D eigenvalue weighted by Crippen LogP contribution is -1.88. The Morgan fingerprint density at radius 2 is 2.00 bits per heavy atom. The largest absolute Gasteiger partial charge is 0.508 e. The van der Waals surface area contributed by atoms with E-state index in [0.29, 0.717) is 5.75 Å². The second kappa shape index (κ2) is 2.98. The highest BCUT2D eigenvalue weighted by molar-refractivity contribution is 5.61. The van der Waals surface area contributed by atoms with Gasteiger partial charge in [-0.25, -0.2) is 0 Å². The van der Waals surface area contributed by atoms with E-state index in [0.717, 1.165) is 11.3 Å². The predicted molar refractivity (Wildman–Crippen MR) is 52.5 cm³/mol. The molecule has 1 heterocycles. The molecule has 0 saturated heterocycles. The molecule has 0 bridgehead atoms. The number of nitrogens with zero attached hydrogens (tertiary/aromatic N) is 1. The Bertz CT molecular complexity index is 418. The highest BCUT2D eigenvalue weighted by Crippen LogP contribution is 2.22. The number of benzene rings is 1. The Morgan fingerprint density at radius 3 is 2.62 bits per heavy atom. The SMILES string of the molecule is Cn1cccc1-c1cccc(O)c1. The number of hydrogen-bond acceptors (Lipinski definition) is 1. The summed E-state index contributed by atoms with van der Waals surface area (Å²) in [6.07, 6.45) is 1.99. The lowest BCUT2D eigenvalue weighted by atomic mass is 10.1. The van der Waals surface area contributed by atoms with E-state index in [9.17, 15) is 5.11 Å². The van der Waals surface area contributed by atoms with E-state index in [1.807, 2.05) is 42.1 Å². The Hall–Kier alpha value is -1.70. The first kappa shape index (κ1) is 7.92. The normalized spacial score (nSPS) is 10.2. The molecule has 1 N–H and O–H groups in total. The van der Waals surface area contributed by atoms with Gasteiger partial charge in [-0.15, -0.1) is 0 Å². The van der Waals surface area contributed by atoms with Gasteiger partial charge in [0.05, 0.1) is 0 Å². The van der Waals surface area contributed by atoms with Gasteiger partial charge in [-0.1, -0.05) is 12.1 Å². The Labute approximate surface area is 77.1 Å². The van der Waals surface area contributed by atoms with Crippen molar-refractivity contribution in [3.05, 3.63) is 42.6 Å². The smallest absolute Gasteiger partial charge is 0.116 e. The van der Waals surface area contributed by atoms with Gasteiger partial charge in [0, 0.05) is 24.5 Å². The third-order valence-electron chi connectivity index (χ3n) is 2.09. The molecule has 0 atom stereocenters. The summed E-state index contributed by atoms with van der Waals surface area (Å²) in [5, 5.41) is 9.29. The number of phenolic OH excluding ortho intramolecular Hbond substituents is 1. The van der Waals surface area contributed by atoms with Crippen LogP contribution < -0.4 is 0 Å². The number of rotatable bonds is 1. The van der Waals surface area contributed by atoms with Crippen LogP contribution in [0.5, 0.6) is 5.75 Å². The first-order chi connectivity index (χ1) is 6.27. The maximum atomic E-state index is 9.29. The molecule has 13 heavy (non-hydrogen) atoms. The molecule has 1 aromatic carbocycles. The number of aryl methyl sites for hydroxylation is 1. The van der Waals surface area contributed by atoms with Crippen molar-refractivity contribution < 1.29 is 5.11 Å². The zero-order valence-electron chi connectivity index (χ0n) is 7.44. The van der Waals surface area contributed by atoms with Crippen molar-refractivity contribution in [2.75, 3.05) is 0 Å². The van der Waals surface area contributed by atoms with Gasteiger partial charge < -0.3 is 9.67 Å². The summed E-state index contributed by atoms with van der Waals surface area (Å²) >= 11 is 0. The van der Waals surface area contributed by atoms with Crippen LogP contribution in [0.25, 0.3) is 11.3 Å². The Morgan fingerprint density at radius 1 is 1.15 bits per heavy atom. The summed E-state index contributed by atoms with van der Waals surface area (Å²) in [6.45, 7) is 0. The molecule has 0 fully saturated rings. The molecular formula is C11H11NO. The van der Waals surface area contributed by atoms with Gasteiger partial charge in [-0.2, -0.15) is 0 Å². The predicted octanol–water partition coefficient (Wildman–Crippen LogP) is 2.40. The van der Waals surface area contributed by atoms with Gasteiger partial charge >= 0.3 is 0 Å². The molecule has 0 amide bonds. The molecule has 2 nitrogen and oxygen atoms in total. The first-order valence-corrected chi connectivity index (χ1v) is 4.18. The Kier molecular flexibility index (Phi) is 1.81. The number of hydrogen-bond donors (Lipinski definition) is 1. The van der Waals surface area contributed by atoms with Crippen LogP contribution in [0.2, 0.25) is 0 Å². The van der Waals surface area contributed by atoms with Crippen LogP contribution in [0, 0.1) is 0 Å². The molecular weight excluding hydrogens is 162 g/mol. The summed E-state index contributed by atoms with van der Waals surface area (Å²) in [5.74, 6) is 0.304. The van der Waals surface area contributed by atoms with Crippen LogP contribution >= 0.6 is 0 Å². The van der Waals surface area contributed by atoms with Crippen LogP contribution in [0.15, 0.2) is 42.6 Å². The maximum absolute atomic E-state index is 9.29. The summed E-state index contributed by atoms with van der Waals surface area (Å²) in [5.41, 5.74) is 2.14. The van der Waals surface area contributed by atoms with Crippen molar-refractivity contribution in [3.63, 3.8) is 0 Å². The highest BCUT2D eigenvalue weighted by atomic mass is 16.3. The second-order valence-electron chi connectivity index (χ2n) is 3.05. The van der Waals surface area contributed by atoms with E-state index in [4.69, 9.17) is 0 Å². The average Bonchev–Trinajstić information content (AvgIpc) is 2.51. The third-order valence-corrected chi connectivity index (χ3v) is 2.09. The monoisotopic (exact) mass is 173 g/mol. The minimum absolute atomic E-state index is 0.304. The number of aromatic nitrogens is 1. The van der Waals surface area contributed by atoms with E-state index in [2.05, 4.69) is 0 Å². The molecule has 0 spiro atoms. The van der Waals surface area contributed by atoms with Crippen LogP contribution in [-0.4, -0.2) is 9.67 Å². The van der Waals surface area contributed by atoms with Gasteiger partial charge in [0.1, 0.15) is 5.75 Å². The third kappa shape index (κ3) is 1.43. The highest BCUT2D eigenvalue weighted by Gasteiger charge is 2.00. The molecule has 66 valence electrons. The molecule has 0 aliphatic carbocycles. The van der Waals surface area contributed by atoms with E-state index in [-0.39, 0.29) is 0 Å². The minimum atomic E-state index is 0.304. The molecule has 0 aliphatic heterocycles. The summed E-state index contributed by atoms with van der Waals surface area (Å²) in [6, 6.07) is 11.3. The molecule has 0 aliphatic rings. The van der Waals surface area contributed by atoms with E-state index >= 15 is 0 Å². The lowest BCUT2D eigenvalue weighted by Gasteiger charge is -2.03. The lowest BCUT2D eigenvalue weighted by molar-refractivity contribution is 0.475. The van der Waals surface area contributed by atoms with Gasteiger partial charge in [0.25, 0.3) is 0 Å². The maximum Gasteiger partial charge on any atom is 0.116 e. The number of aromatic hydroxyl groups is 1. The van der Waals surface area contributed by atoms with Crippen LogP contribution in [0.4, 0.5) is 0 Å². The van der Waals surface area contributed by atoms with Crippen molar-refractivity contribution in [1.82, 2.24) is 4.57 Å². The van der Waals surface area contributed by atoms with Gasteiger partial charge in [-0.05, 0) is 24.3 Å². The fourth-order valence-electron chi connectivity index (χ4n) is 1.43. The van der Waals surface area contributed by atoms with Crippen molar-refractivity contribution in [2.45, 2.75) is 0 Å².